The molecule has 0 aromatic heterocycles. The van der Waals surface area contributed by atoms with Gasteiger partial charge in [-0.1, -0.05) is 37.8 Å². The molecule has 26 heavy (non-hydrogen) atoms. The molecule has 1 aromatic rings. The highest BCUT2D eigenvalue weighted by molar-refractivity contribution is 6.32. The van der Waals surface area contributed by atoms with Crippen molar-refractivity contribution in [3.05, 3.63) is 22.7 Å². The molecule has 1 aliphatic rings. The zero-order chi connectivity index (χ0) is 18.9. The Morgan fingerprint density at radius 1 is 1.23 bits per heavy atom. The number of methoxy groups -OCH3 is 1. The van der Waals surface area contributed by atoms with E-state index in [9.17, 15) is 9.59 Å². The van der Waals surface area contributed by atoms with Crippen LogP contribution in [-0.2, 0) is 9.53 Å². The van der Waals surface area contributed by atoms with Crippen molar-refractivity contribution in [2.45, 2.75) is 51.5 Å². The second kappa shape index (κ2) is 10.3. The van der Waals surface area contributed by atoms with Gasteiger partial charge in [-0.05, 0) is 31.4 Å². The predicted molar refractivity (Wildman–Crippen MR) is 99.1 cm³/mol. The number of nitrogens with one attached hydrogen (secondary N) is 1. The maximum absolute atomic E-state index is 12.2. The van der Waals surface area contributed by atoms with Crippen LogP contribution in [0.25, 0.3) is 0 Å². The van der Waals surface area contributed by atoms with Crippen LogP contribution >= 0.6 is 11.6 Å². The SMILES string of the molecule is CCCOc1c(Cl)cc(C(=O)OCC(=O)NC2CCCCC2)cc1OC. The molecule has 0 bridgehead atoms. The Kier molecular flexibility index (Phi) is 8.04. The van der Waals surface area contributed by atoms with E-state index in [1.165, 1.54) is 25.7 Å². The first-order valence-electron chi connectivity index (χ1n) is 9.02. The summed E-state index contributed by atoms with van der Waals surface area (Å²) < 4.78 is 15.9. The molecule has 1 amide bonds. The number of hydrogen-bond donors (Lipinski definition) is 1. The third-order valence-electron chi connectivity index (χ3n) is 4.22. The molecule has 0 unspecified atom stereocenters. The smallest absolute Gasteiger partial charge is 0.338 e. The van der Waals surface area contributed by atoms with E-state index in [-0.39, 0.29) is 29.1 Å². The standard InChI is InChI=1S/C19H26ClNO5/c1-3-9-25-18-15(20)10-13(11-16(18)24-2)19(23)26-12-17(22)21-14-7-5-4-6-8-14/h10-11,14H,3-9,12H2,1-2H3,(H,21,22). The molecule has 0 aliphatic heterocycles. The third-order valence-corrected chi connectivity index (χ3v) is 4.50. The quantitative estimate of drug-likeness (QED) is 0.692. The van der Waals surface area contributed by atoms with Crippen LogP contribution in [0.5, 0.6) is 11.5 Å². The fourth-order valence-electron chi connectivity index (χ4n) is 2.91. The fourth-order valence-corrected chi connectivity index (χ4v) is 3.18. The van der Waals surface area contributed by atoms with E-state index in [0.717, 1.165) is 32.1 Å². The highest BCUT2D eigenvalue weighted by atomic mass is 35.5. The van der Waals surface area contributed by atoms with Gasteiger partial charge < -0.3 is 19.5 Å². The number of carbonyl (C=O) groups is 2. The molecule has 0 heterocycles. The van der Waals surface area contributed by atoms with Gasteiger partial charge in [0.1, 0.15) is 0 Å². The van der Waals surface area contributed by atoms with Gasteiger partial charge in [-0.3, -0.25) is 4.79 Å². The van der Waals surface area contributed by atoms with Crippen molar-refractivity contribution in [2.75, 3.05) is 20.3 Å². The Morgan fingerprint density at radius 2 is 1.96 bits per heavy atom. The minimum absolute atomic E-state index is 0.180. The van der Waals surface area contributed by atoms with E-state index in [2.05, 4.69) is 5.32 Å². The molecule has 6 nitrogen and oxygen atoms in total. The Bertz CT molecular complexity index is 629. The third kappa shape index (κ3) is 5.80. The molecule has 1 saturated carbocycles. The molecule has 144 valence electrons. The van der Waals surface area contributed by atoms with Crippen molar-refractivity contribution < 1.29 is 23.8 Å². The van der Waals surface area contributed by atoms with Crippen molar-refractivity contribution >= 4 is 23.5 Å². The van der Waals surface area contributed by atoms with Gasteiger partial charge in [0.2, 0.25) is 0 Å². The summed E-state index contributed by atoms with van der Waals surface area (Å²) in [7, 11) is 1.47. The van der Waals surface area contributed by atoms with Crippen LogP contribution in [0.15, 0.2) is 12.1 Å². The predicted octanol–water partition coefficient (Wildman–Crippen LogP) is 3.74. The highest BCUT2D eigenvalue weighted by Gasteiger charge is 2.19. The van der Waals surface area contributed by atoms with Crippen molar-refractivity contribution in [1.82, 2.24) is 5.32 Å². The van der Waals surface area contributed by atoms with Crippen LogP contribution < -0.4 is 14.8 Å². The second-order valence-corrected chi connectivity index (χ2v) is 6.72. The number of benzene rings is 1. The van der Waals surface area contributed by atoms with Crippen LogP contribution in [0.2, 0.25) is 5.02 Å². The topological polar surface area (TPSA) is 73.9 Å². The molecule has 0 saturated heterocycles. The molecule has 7 heteroatoms. The molecule has 1 N–H and O–H groups in total. The van der Waals surface area contributed by atoms with Crippen molar-refractivity contribution in [3.63, 3.8) is 0 Å². The maximum Gasteiger partial charge on any atom is 0.338 e. The highest BCUT2D eigenvalue weighted by Crippen LogP contribution is 2.36. The summed E-state index contributed by atoms with van der Waals surface area (Å²) in [6.07, 6.45) is 6.23. The average molecular weight is 384 g/mol. The van der Waals surface area contributed by atoms with Crippen LogP contribution in [0.4, 0.5) is 0 Å². The Balaban J connectivity index is 1.93. The number of carbonyl (C=O) groups excluding carboxylic acids is 2. The van der Waals surface area contributed by atoms with Gasteiger partial charge in [-0.25, -0.2) is 4.79 Å². The molecule has 0 atom stereocenters. The van der Waals surface area contributed by atoms with Gasteiger partial charge in [0, 0.05) is 6.04 Å². The van der Waals surface area contributed by atoms with E-state index in [0.29, 0.717) is 18.1 Å². The molecule has 0 spiro atoms. The monoisotopic (exact) mass is 383 g/mol. The summed E-state index contributed by atoms with van der Waals surface area (Å²) in [5, 5.41) is 3.17. The summed E-state index contributed by atoms with van der Waals surface area (Å²) in [5.74, 6) is -0.176. The van der Waals surface area contributed by atoms with Crippen LogP contribution in [0, 0.1) is 0 Å². The first kappa shape index (κ1) is 20.4. The number of halogens is 1. The van der Waals surface area contributed by atoms with Gasteiger partial charge in [0.15, 0.2) is 18.1 Å². The summed E-state index contributed by atoms with van der Waals surface area (Å²) in [6.45, 7) is 2.15. The Labute approximate surface area is 159 Å². The molecule has 1 aliphatic carbocycles. The lowest BCUT2D eigenvalue weighted by Gasteiger charge is -2.22. The normalized spacial score (nSPS) is 14.6. The first-order chi connectivity index (χ1) is 12.5. The maximum atomic E-state index is 12.2. The Hall–Kier alpha value is -1.95. The lowest BCUT2D eigenvalue weighted by molar-refractivity contribution is -0.125. The van der Waals surface area contributed by atoms with Gasteiger partial charge in [0.05, 0.1) is 24.3 Å². The Morgan fingerprint density at radius 3 is 2.62 bits per heavy atom. The van der Waals surface area contributed by atoms with E-state index >= 15 is 0 Å². The molecule has 1 aromatic carbocycles. The van der Waals surface area contributed by atoms with Crippen LogP contribution in [0.1, 0.15) is 55.8 Å². The van der Waals surface area contributed by atoms with Crippen LogP contribution in [-0.4, -0.2) is 38.2 Å². The number of amides is 1. The summed E-state index contributed by atoms with van der Waals surface area (Å²) >= 11 is 6.19. The molecule has 1 fully saturated rings. The van der Waals surface area contributed by atoms with Crippen molar-refractivity contribution in [1.29, 1.82) is 0 Å². The van der Waals surface area contributed by atoms with Crippen LogP contribution in [0.3, 0.4) is 0 Å². The van der Waals surface area contributed by atoms with Gasteiger partial charge >= 0.3 is 5.97 Å². The average Bonchev–Trinajstić information content (AvgIpc) is 2.65. The number of esters is 1. The summed E-state index contributed by atoms with van der Waals surface area (Å²) in [6, 6.07) is 3.13. The van der Waals surface area contributed by atoms with Gasteiger partial charge in [-0.2, -0.15) is 0 Å². The second-order valence-electron chi connectivity index (χ2n) is 6.32. The van der Waals surface area contributed by atoms with E-state index < -0.39 is 5.97 Å². The number of rotatable bonds is 8. The minimum Gasteiger partial charge on any atom is -0.493 e. The van der Waals surface area contributed by atoms with Gasteiger partial charge in [0.25, 0.3) is 5.91 Å². The molecule has 0 radical (unpaired) electrons. The van der Waals surface area contributed by atoms with E-state index in [4.69, 9.17) is 25.8 Å². The van der Waals surface area contributed by atoms with Crippen molar-refractivity contribution in [2.24, 2.45) is 0 Å². The van der Waals surface area contributed by atoms with Crippen molar-refractivity contribution in [3.8, 4) is 11.5 Å². The summed E-state index contributed by atoms with van der Waals surface area (Å²) in [5.41, 5.74) is 0.209. The number of hydrogen-bond acceptors (Lipinski definition) is 5. The molecular weight excluding hydrogens is 358 g/mol. The van der Waals surface area contributed by atoms with E-state index in [1.54, 1.807) is 0 Å². The summed E-state index contributed by atoms with van der Waals surface area (Å²) in [4.78, 5) is 24.2. The largest absolute Gasteiger partial charge is 0.493 e. The number of ether oxygens (including phenoxy) is 3. The molecular formula is C19H26ClNO5. The zero-order valence-corrected chi connectivity index (χ0v) is 16.1. The minimum atomic E-state index is -0.633. The fraction of sp³-hybridized carbons (Fsp3) is 0.579. The molecule has 2 rings (SSSR count). The lowest BCUT2D eigenvalue weighted by atomic mass is 9.95. The first-order valence-corrected chi connectivity index (χ1v) is 9.39. The zero-order valence-electron chi connectivity index (χ0n) is 15.3. The van der Waals surface area contributed by atoms with E-state index in [1.807, 2.05) is 6.92 Å². The lowest BCUT2D eigenvalue weighted by Crippen LogP contribution is -2.38. The van der Waals surface area contributed by atoms with Gasteiger partial charge in [-0.15, -0.1) is 0 Å².